The molecule has 1 heterocycles. The number of nitrogens with one attached hydrogen (secondary N) is 1. The summed E-state index contributed by atoms with van der Waals surface area (Å²) in [5, 5.41) is 7.15. The Labute approximate surface area is 159 Å². The first kappa shape index (κ1) is 18.2. The largest absolute Gasteiger partial charge is 0.355 e. The molecular weight excluding hydrogens is 340 g/mol. The number of aromatic nitrogens is 2. The quantitative estimate of drug-likeness (QED) is 0.846. The van der Waals surface area contributed by atoms with Gasteiger partial charge in [-0.1, -0.05) is 48.8 Å². The summed E-state index contributed by atoms with van der Waals surface area (Å²) in [7, 11) is 0. The molecule has 2 aromatic rings. The Morgan fingerprint density at radius 3 is 2.67 bits per heavy atom. The molecule has 0 aliphatic heterocycles. The van der Waals surface area contributed by atoms with Gasteiger partial charge in [-0.2, -0.15) is 4.98 Å². The number of fused-ring (bicyclic) bond motifs is 2. The highest BCUT2D eigenvalue weighted by molar-refractivity contribution is 5.78. The summed E-state index contributed by atoms with van der Waals surface area (Å²) in [5.41, 5.74) is 7.26. The van der Waals surface area contributed by atoms with Crippen molar-refractivity contribution < 1.29 is 9.32 Å². The number of carbonyl (C=O) groups excluding carboxylic acids is 1. The molecule has 0 saturated heterocycles. The molecule has 3 N–H and O–H groups in total. The van der Waals surface area contributed by atoms with Crippen LogP contribution in [0.25, 0.3) is 11.4 Å². The van der Waals surface area contributed by atoms with Crippen LogP contribution < -0.4 is 11.1 Å². The van der Waals surface area contributed by atoms with Gasteiger partial charge in [-0.3, -0.25) is 4.79 Å². The highest BCUT2D eigenvalue weighted by atomic mass is 16.5. The molecule has 27 heavy (non-hydrogen) atoms. The van der Waals surface area contributed by atoms with E-state index in [0.717, 1.165) is 18.4 Å². The summed E-state index contributed by atoms with van der Waals surface area (Å²) >= 11 is 0. The topological polar surface area (TPSA) is 94.0 Å². The lowest BCUT2D eigenvalue weighted by Crippen LogP contribution is -2.49. The predicted molar refractivity (Wildman–Crippen MR) is 103 cm³/mol. The number of amides is 1. The molecule has 4 rings (SSSR count). The van der Waals surface area contributed by atoms with E-state index in [0.29, 0.717) is 30.1 Å². The zero-order valence-electron chi connectivity index (χ0n) is 15.8. The average Bonchev–Trinajstić information content (AvgIpc) is 3.16. The molecule has 3 unspecified atom stereocenters. The second-order valence-electron chi connectivity index (χ2n) is 8.17. The summed E-state index contributed by atoms with van der Waals surface area (Å²) in [6.07, 6.45) is 5.45. The number of nitrogens with zero attached hydrogens (tertiary/aromatic N) is 2. The maximum absolute atomic E-state index is 12.7. The Bertz CT molecular complexity index is 761. The van der Waals surface area contributed by atoms with Crippen molar-refractivity contribution in [2.24, 2.45) is 23.5 Å². The molecule has 2 bridgehead atoms. The summed E-state index contributed by atoms with van der Waals surface area (Å²) < 4.78 is 5.40. The van der Waals surface area contributed by atoms with Crippen molar-refractivity contribution in [1.29, 1.82) is 0 Å². The Balaban J connectivity index is 1.32. The number of nitrogens with two attached hydrogens (primary N) is 1. The van der Waals surface area contributed by atoms with Crippen LogP contribution in [-0.4, -0.2) is 28.6 Å². The van der Waals surface area contributed by atoms with E-state index in [9.17, 15) is 4.79 Å². The normalized spacial score (nSPS) is 28.5. The molecule has 0 spiro atoms. The number of benzene rings is 1. The third kappa shape index (κ3) is 3.90. The van der Waals surface area contributed by atoms with Crippen LogP contribution in [0.2, 0.25) is 0 Å². The minimum Gasteiger partial charge on any atom is -0.355 e. The van der Waals surface area contributed by atoms with Crippen LogP contribution >= 0.6 is 0 Å². The standard InChI is InChI=1S/C21H28N4O2/c1-13(21-24-19(25-27-21)14-6-3-2-4-7-14)12-23-20(26)17-10-15-8-5-9-16(11-17)18(15)22/h2-4,6-7,13,15-18H,5,8-12,22H2,1H3,(H,23,26). The SMILES string of the molecule is CC(CNC(=O)C1CC2CCCC(C1)C2N)c1nc(-c2ccccc2)no1. The molecule has 6 nitrogen and oxygen atoms in total. The van der Waals surface area contributed by atoms with Crippen LogP contribution in [0.3, 0.4) is 0 Å². The minimum atomic E-state index is -0.0238. The van der Waals surface area contributed by atoms with Crippen LogP contribution in [-0.2, 0) is 4.79 Å². The van der Waals surface area contributed by atoms with E-state index in [1.54, 1.807) is 0 Å². The van der Waals surface area contributed by atoms with Crippen LogP contribution in [0.15, 0.2) is 34.9 Å². The second-order valence-corrected chi connectivity index (χ2v) is 8.17. The number of hydrogen-bond acceptors (Lipinski definition) is 5. The Morgan fingerprint density at radius 1 is 1.26 bits per heavy atom. The van der Waals surface area contributed by atoms with Gasteiger partial charge in [0.25, 0.3) is 0 Å². The molecule has 144 valence electrons. The molecule has 2 fully saturated rings. The summed E-state index contributed by atoms with van der Waals surface area (Å²) in [4.78, 5) is 17.2. The third-order valence-corrected chi connectivity index (χ3v) is 6.26. The van der Waals surface area contributed by atoms with Gasteiger partial charge in [0, 0.05) is 24.1 Å². The molecule has 2 saturated carbocycles. The monoisotopic (exact) mass is 368 g/mol. The van der Waals surface area contributed by atoms with E-state index >= 15 is 0 Å². The van der Waals surface area contributed by atoms with Crippen LogP contribution in [0.4, 0.5) is 0 Å². The fraction of sp³-hybridized carbons (Fsp3) is 0.571. The summed E-state index contributed by atoms with van der Waals surface area (Å²) in [6.45, 7) is 2.50. The Kier molecular flexibility index (Phi) is 5.25. The smallest absolute Gasteiger partial charge is 0.231 e. The fourth-order valence-corrected chi connectivity index (χ4v) is 4.63. The minimum absolute atomic E-state index is 0.0238. The van der Waals surface area contributed by atoms with Gasteiger partial charge in [0.2, 0.25) is 17.6 Å². The lowest BCUT2D eigenvalue weighted by atomic mass is 9.65. The fourth-order valence-electron chi connectivity index (χ4n) is 4.63. The molecular formula is C21H28N4O2. The number of hydrogen-bond donors (Lipinski definition) is 2. The van der Waals surface area contributed by atoms with Crippen molar-refractivity contribution in [3.8, 4) is 11.4 Å². The van der Waals surface area contributed by atoms with Gasteiger partial charge in [0.1, 0.15) is 0 Å². The molecule has 2 aliphatic rings. The van der Waals surface area contributed by atoms with Gasteiger partial charge in [-0.15, -0.1) is 0 Å². The molecule has 1 aromatic heterocycles. The summed E-state index contributed by atoms with van der Waals surface area (Å²) in [5.74, 6) is 2.37. The van der Waals surface area contributed by atoms with Crippen molar-refractivity contribution >= 4 is 5.91 Å². The Morgan fingerprint density at radius 2 is 1.96 bits per heavy atom. The molecule has 3 atom stereocenters. The first-order valence-corrected chi connectivity index (χ1v) is 10.0. The van der Waals surface area contributed by atoms with Gasteiger partial charge < -0.3 is 15.6 Å². The molecule has 0 radical (unpaired) electrons. The Hall–Kier alpha value is -2.21. The van der Waals surface area contributed by atoms with Crippen LogP contribution in [0.5, 0.6) is 0 Å². The van der Waals surface area contributed by atoms with Crippen LogP contribution in [0.1, 0.15) is 50.8 Å². The van der Waals surface area contributed by atoms with Crippen molar-refractivity contribution in [1.82, 2.24) is 15.5 Å². The molecule has 6 heteroatoms. The number of rotatable bonds is 5. The zero-order chi connectivity index (χ0) is 18.8. The van der Waals surface area contributed by atoms with Gasteiger partial charge in [0.05, 0.1) is 5.92 Å². The van der Waals surface area contributed by atoms with Gasteiger partial charge >= 0.3 is 0 Å². The van der Waals surface area contributed by atoms with E-state index < -0.39 is 0 Å². The lowest BCUT2D eigenvalue weighted by Gasteiger charge is -2.43. The first-order chi connectivity index (χ1) is 13.1. The maximum Gasteiger partial charge on any atom is 0.231 e. The van der Waals surface area contributed by atoms with Gasteiger partial charge in [-0.25, -0.2) is 0 Å². The molecule has 1 aromatic carbocycles. The lowest BCUT2D eigenvalue weighted by molar-refractivity contribution is -0.128. The highest BCUT2D eigenvalue weighted by Crippen LogP contribution is 2.41. The van der Waals surface area contributed by atoms with E-state index in [4.69, 9.17) is 10.3 Å². The van der Waals surface area contributed by atoms with Crippen molar-refractivity contribution in [3.05, 3.63) is 36.2 Å². The van der Waals surface area contributed by atoms with E-state index in [1.807, 2.05) is 37.3 Å². The maximum atomic E-state index is 12.7. The zero-order valence-corrected chi connectivity index (χ0v) is 15.8. The third-order valence-electron chi connectivity index (χ3n) is 6.26. The average molecular weight is 368 g/mol. The van der Waals surface area contributed by atoms with Gasteiger partial charge in [-0.05, 0) is 37.5 Å². The van der Waals surface area contributed by atoms with Crippen molar-refractivity contribution in [3.63, 3.8) is 0 Å². The van der Waals surface area contributed by atoms with Crippen molar-refractivity contribution in [2.75, 3.05) is 6.54 Å². The van der Waals surface area contributed by atoms with E-state index in [2.05, 4.69) is 15.5 Å². The second kappa shape index (κ2) is 7.80. The van der Waals surface area contributed by atoms with Crippen molar-refractivity contribution in [2.45, 2.75) is 51.0 Å². The molecule has 2 aliphatic carbocycles. The number of carbonyl (C=O) groups is 1. The predicted octanol–water partition coefficient (Wildman–Crippen LogP) is 3.11. The first-order valence-electron chi connectivity index (χ1n) is 10.0. The van der Waals surface area contributed by atoms with Crippen LogP contribution in [0, 0.1) is 17.8 Å². The molecule has 1 amide bonds. The highest BCUT2D eigenvalue weighted by Gasteiger charge is 2.40. The van der Waals surface area contributed by atoms with E-state index in [1.165, 1.54) is 19.3 Å². The van der Waals surface area contributed by atoms with Gasteiger partial charge in [0.15, 0.2) is 0 Å². The summed E-state index contributed by atoms with van der Waals surface area (Å²) in [6, 6.07) is 10.0. The van der Waals surface area contributed by atoms with E-state index in [-0.39, 0.29) is 23.8 Å².